The fourth-order valence-corrected chi connectivity index (χ4v) is 5.91. The van der Waals surface area contributed by atoms with Crippen LogP contribution in [0.4, 0.5) is 0 Å². The van der Waals surface area contributed by atoms with Gasteiger partial charge in [-0.25, -0.2) is 4.18 Å². The Morgan fingerprint density at radius 2 is 2.04 bits per heavy atom. The molecule has 5 atom stereocenters. The van der Waals surface area contributed by atoms with Crippen LogP contribution in [0.2, 0.25) is 0 Å². The number of ketones is 1. The van der Waals surface area contributed by atoms with Crippen LogP contribution >= 0.6 is 0 Å². The highest BCUT2D eigenvalue weighted by Gasteiger charge is 2.54. The third kappa shape index (κ3) is 2.73. The second kappa shape index (κ2) is 5.87. The molecule has 0 amide bonds. The summed E-state index contributed by atoms with van der Waals surface area (Å²) in [6.45, 7) is 2.17. The fraction of sp³-hybridized carbons (Fsp3) is 0.611. The Morgan fingerprint density at radius 1 is 1.24 bits per heavy atom. The van der Waals surface area contributed by atoms with Gasteiger partial charge in [0, 0.05) is 16.0 Å². The number of fused-ring (bicyclic) bond motifs is 5. The summed E-state index contributed by atoms with van der Waals surface area (Å²) < 4.78 is 31.8. The zero-order valence-electron chi connectivity index (χ0n) is 14.4. The van der Waals surface area contributed by atoms with E-state index < -0.39 is 10.8 Å². The molecule has 1 unspecified atom stereocenters. The van der Waals surface area contributed by atoms with Crippen molar-refractivity contribution in [3.8, 4) is 5.75 Å². The van der Waals surface area contributed by atoms with Gasteiger partial charge >= 0.3 is 10.8 Å². The zero-order chi connectivity index (χ0) is 17.8. The van der Waals surface area contributed by atoms with Crippen molar-refractivity contribution in [2.45, 2.75) is 51.4 Å². The number of hydrogen-bond donors (Lipinski definition) is 1. The van der Waals surface area contributed by atoms with Crippen molar-refractivity contribution < 1.29 is 27.9 Å². The van der Waals surface area contributed by atoms with Crippen LogP contribution in [-0.4, -0.2) is 5.78 Å². The second-order valence-corrected chi connectivity index (χ2v) is 9.02. The lowest BCUT2D eigenvalue weighted by Gasteiger charge is -2.48. The number of rotatable bonds is 3. The smallest absolute Gasteiger partial charge is 0.299 e. The molecule has 0 bridgehead atoms. The molecule has 2 saturated carbocycles. The van der Waals surface area contributed by atoms with Crippen LogP contribution < -0.4 is 10.1 Å². The van der Waals surface area contributed by atoms with Crippen LogP contribution in [0.1, 0.15) is 56.1 Å². The normalized spacial score (nSPS) is 36.1. The Kier molecular flexibility index (Phi) is 4.03. The average Bonchev–Trinajstić information content (AvgIpc) is 2.89. The number of benzene rings is 1. The van der Waals surface area contributed by atoms with E-state index >= 15 is 0 Å². The van der Waals surface area contributed by atoms with E-state index in [9.17, 15) is 13.6 Å². The van der Waals surface area contributed by atoms with Gasteiger partial charge in [0.05, 0.1) is 4.28 Å². The van der Waals surface area contributed by atoms with Crippen molar-refractivity contribution in [2.75, 3.05) is 0 Å². The summed E-state index contributed by atoms with van der Waals surface area (Å²) >= 11 is 0. The van der Waals surface area contributed by atoms with Crippen molar-refractivity contribution in [2.24, 2.45) is 17.3 Å². The molecule has 7 heteroatoms. The lowest BCUT2D eigenvalue weighted by molar-refractivity contribution is -0.639. The molecule has 1 aromatic carbocycles. The Balaban J connectivity index is 1.61. The first kappa shape index (κ1) is 17.1. The van der Waals surface area contributed by atoms with Gasteiger partial charge in [-0.2, -0.15) is 5.90 Å². The van der Waals surface area contributed by atoms with Crippen molar-refractivity contribution in [3.05, 3.63) is 29.3 Å². The largest absolute Gasteiger partial charge is 0.640 e. The van der Waals surface area contributed by atoms with E-state index in [-0.39, 0.29) is 11.2 Å². The van der Waals surface area contributed by atoms with Gasteiger partial charge in [0.25, 0.3) is 0 Å². The summed E-state index contributed by atoms with van der Waals surface area (Å²) in [5, 5.41) is 0. The molecule has 1 aromatic rings. The molecular formula is C18H24NO5S+2. The maximum Gasteiger partial charge on any atom is 0.640 e. The van der Waals surface area contributed by atoms with Crippen LogP contribution in [0.15, 0.2) is 18.2 Å². The third-order valence-electron chi connectivity index (χ3n) is 6.75. The van der Waals surface area contributed by atoms with Crippen molar-refractivity contribution in [1.29, 1.82) is 0 Å². The van der Waals surface area contributed by atoms with Gasteiger partial charge in [0.1, 0.15) is 10.3 Å². The van der Waals surface area contributed by atoms with E-state index in [2.05, 4.69) is 17.1 Å². The van der Waals surface area contributed by atoms with Crippen LogP contribution in [0.3, 0.4) is 0 Å². The monoisotopic (exact) mass is 366 g/mol. The standard InChI is InChI=1S/C18H24NO5S/c1-18-9-8-14-13-5-3-12(23-25(21,22)24-19)10-11(13)2-4-15(14)16(18)6-7-17(18)20/h3,5,10,14-16H,2,4,6-9H2,1,19H3/q+2/t14-,15-,16+,18+/m1/s1. The van der Waals surface area contributed by atoms with Gasteiger partial charge in [-0.3, -0.25) is 4.79 Å². The molecule has 3 aliphatic rings. The van der Waals surface area contributed by atoms with Gasteiger partial charge in [0.15, 0.2) is 5.75 Å². The van der Waals surface area contributed by atoms with Crippen LogP contribution in [-0.2, 0) is 35.0 Å². The van der Waals surface area contributed by atoms with E-state index in [1.54, 1.807) is 12.1 Å². The van der Waals surface area contributed by atoms with Gasteiger partial charge in [-0.15, -0.1) is 0 Å². The van der Waals surface area contributed by atoms with Gasteiger partial charge in [0.2, 0.25) is 0 Å². The zero-order valence-corrected chi connectivity index (χ0v) is 15.2. The highest BCUT2D eigenvalue weighted by atomic mass is 32.3. The van der Waals surface area contributed by atoms with E-state index in [0.717, 1.165) is 44.1 Å². The Morgan fingerprint density at radius 3 is 2.80 bits per heavy atom. The average molecular weight is 366 g/mol. The molecule has 0 aliphatic heterocycles. The highest BCUT2D eigenvalue weighted by Crippen LogP contribution is 2.59. The number of carbonyl (C=O) groups excluding carboxylic acids is 1. The number of carbonyl (C=O) groups is 1. The quantitative estimate of drug-likeness (QED) is 0.655. The Labute approximate surface area is 148 Å². The minimum atomic E-state index is -4.10. The molecule has 0 saturated heterocycles. The van der Waals surface area contributed by atoms with Gasteiger partial charge < -0.3 is 0 Å². The maximum absolute atomic E-state index is 12.4. The number of aryl methyl sites for hydroxylation is 1. The second-order valence-electron chi connectivity index (χ2n) is 7.80. The van der Waals surface area contributed by atoms with E-state index in [0.29, 0.717) is 23.5 Å². The summed E-state index contributed by atoms with van der Waals surface area (Å²) in [5.41, 5.74) is 2.31. The maximum atomic E-state index is 12.4. The van der Waals surface area contributed by atoms with E-state index in [4.69, 9.17) is 4.18 Å². The lowest BCUT2D eigenvalue weighted by atomic mass is 9.55. The molecule has 3 N–H and O–H groups in total. The topological polar surface area (TPSA) is 100 Å². The number of Topliss-reactive ketones (excluding diaryl/α,β-unsaturated/α-hetero) is 1. The van der Waals surface area contributed by atoms with Crippen LogP contribution in [0.25, 0.3) is 0 Å². The summed E-state index contributed by atoms with van der Waals surface area (Å²) in [6, 6.07) is 5.47. The molecule has 6 nitrogen and oxygen atoms in total. The molecule has 0 aromatic heterocycles. The van der Waals surface area contributed by atoms with Gasteiger partial charge in [-0.05, 0) is 73.1 Å². The minimum Gasteiger partial charge on any atom is -0.299 e. The molecule has 135 valence electrons. The van der Waals surface area contributed by atoms with Gasteiger partial charge in [-0.1, -0.05) is 13.0 Å². The first-order valence-electron chi connectivity index (χ1n) is 8.88. The lowest BCUT2D eigenvalue weighted by Crippen LogP contribution is -2.53. The van der Waals surface area contributed by atoms with Crippen molar-refractivity contribution in [3.63, 3.8) is 0 Å². The van der Waals surface area contributed by atoms with E-state index in [1.165, 1.54) is 5.56 Å². The number of quaternary nitrogens is 1. The summed E-state index contributed by atoms with van der Waals surface area (Å²) in [4.78, 5) is 12.4. The molecular weight excluding hydrogens is 342 g/mol. The Hall–Kier alpha value is -1.28. The summed E-state index contributed by atoms with van der Waals surface area (Å²) in [7, 11) is -4.10. The van der Waals surface area contributed by atoms with Crippen LogP contribution in [0.5, 0.6) is 5.75 Å². The first-order valence-corrected chi connectivity index (χ1v) is 10.2. The van der Waals surface area contributed by atoms with Crippen molar-refractivity contribution in [1.82, 2.24) is 0 Å². The molecule has 25 heavy (non-hydrogen) atoms. The fourth-order valence-electron chi connectivity index (χ4n) is 5.52. The molecule has 2 fully saturated rings. The SMILES string of the molecule is C[C@]12CC[C@@H]3c4ccc(O[S+]([O])(=O)O[NH3+])cc4CC[C@H]3[C@@H]1CCC2=O. The summed E-state index contributed by atoms with van der Waals surface area (Å²) in [6.07, 6.45) is 5.67. The van der Waals surface area contributed by atoms with E-state index in [1.807, 2.05) is 6.07 Å². The predicted molar refractivity (Wildman–Crippen MR) is 89.4 cm³/mol. The molecule has 4 rings (SSSR count). The summed E-state index contributed by atoms with van der Waals surface area (Å²) in [5.74, 6) is 5.11. The predicted octanol–water partition coefficient (Wildman–Crippen LogP) is 2.34. The molecule has 0 spiro atoms. The number of hydrogen-bond acceptors (Lipinski definition) is 4. The van der Waals surface area contributed by atoms with Crippen molar-refractivity contribution >= 4 is 16.6 Å². The van der Waals surface area contributed by atoms with Crippen LogP contribution in [0, 0.1) is 17.3 Å². The highest BCUT2D eigenvalue weighted by molar-refractivity contribution is 7.88. The first-order chi connectivity index (χ1) is 11.8. The third-order valence-corrected chi connectivity index (χ3v) is 7.43. The molecule has 3 aliphatic carbocycles. The molecule has 0 heterocycles. The Bertz CT molecular complexity index is 766. The minimum absolute atomic E-state index is 0.124. The molecule has 1 radical (unpaired) electrons.